The number of aromatic nitrogens is 4. The second-order valence-electron chi connectivity index (χ2n) is 11.1. The van der Waals surface area contributed by atoms with Crippen molar-refractivity contribution in [2.75, 3.05) is 6.54 Å². The van der Waals surface area contributed by atoms with Crippen molar-refractivity contribution < 1.29 is 31.8 Å². The van der Waals surface area contributed by atoms with Crippen molar-refractivity contribution in [1.29, 1.82) is 0 Å². The van der Waals surface area contributed by atoms with Gasteiger partial charge in [0, 0.05) is 18.8 Å². The number of nitrogens with one attached hydrogen (secondary N) is 3. The van der Waals surface area contributed by atoms with Crippen molar-refractivity contribution in [2.24, 2.45) is 5.92 Å². The van der Waals surface area contributed by atoms with Crippen molar-refractivity contribution in [3.63, 3.8) is 0 Å². The van der Waals surface area contributed by atoms with Gasteiger partial charge in [0.15, 0.2) is 11.5 Å². The van der Waals surface area contributed by atoms with Crippen LogP contribution in [-0.2, 0) is 11.2 Å². The molecule has 5 rings (SSSR count). The van der Waals surface area contributed by atoms with Gasteiger partial charge < -0.3 is 15.6 Å². The Bertz CT molecular complexity index is 1370. The molecule has 2 fully saturated rings. The molecule has 0 aliphatic heterocycles. The van der Waals surface area contributed by atoms with Gasteiger partial charge in [0.1, 0.15) is 22.7 Å². The van der Waals surface area contributed by atoms with Crippen molar-refractivity contribution in [1.82, 2.24) is 30.9 Å². The maximum atomic E-state index is 15.4. The van der Waals surface area contributed by atoms with E-state index in [1.54, 1.807) is 6.07 Å². The lowest BCUT2D eigenvalue weighted by Gasteiger charge is -2.33. The Balaban J connectivity index is 1.41. The number of aromatic amines is 1. The van der Waals surface area contributed by atoms with Crippen LogP contribution in [0.4, 0.5) is 17.6 Å². The highest BCUT2D eigenvalue weighted by Gasteiger charge is 2.41. The molecule has 0 unspecified atom stereocenters. The van der Waals surface area contributed by atoms with Gasteiger partial charge in [-0.2, -0.15) is 0 Å². The number of benzene rings is 1. The van der Waals surface area contributed by atoms with E-state index in [9.17, 15) is 22.8 Å². The first-order valence-electron chi connectivity index (χ1n) is 13.0. The van der Waals surface area contributed by atoms with Gasteiger partial charge in [-0.15, -0.1) is 0 Å². The number of nitrogens with zero attached hydrogens (tertiary/aromatic N) is 3. The summed E-state index contributed by atoms with van der Waals surface area (Å²) in [5.41, 5.74) is -0.789. The minimum atomic E-state index is -2.78. The van der Waals surface area contributed by atoms with Crippen molar-refractivity contribution >= 4 is 22.8 Å². The summed E-state index contributed by atoms with van der Waals surface area (Å²) in [6.45, 7) is 2.42. The van der Waals surface area contributed by atoms with Gasteiger partial charge in [-0.05, 0) is 62.2 Å². The summed E-state index contributed by atoms with van der Waals surface area (Å²) in [6, 6.07) is 2.15. The molecule has 3 aromatic rings. The molecule has 0 saturated heterocycles. The quantitative estimate of drug-likeness (QED) is 0.333. The molecule has 2 aliphatic rings. The molecular formula is C26H30F4N6O3. The van der Waals surface area contributed by atoms with Crippen LogP contribution in [0.2, 0.25) is 0 Å². The molecule has 2 aromatic heterocycles. The number of hydrogen-bond donors (Lipinski definition) is 3. The summed E-state index contributed by atoms with van der Waals surface area (Å²) in [7, 11) is 0. The van der Waals surface area contributed by atoms with E-state index in [2.05, 4.69) is 30.9 Å². The lowest BCUT2D eigenvalue weighted by Crippen LogP contribution is -2.38. The molecule has 1 aromatic carbocycles. The highest BCUT2D eigenvalue weighted by atomic mass is 19.3. The number of hydrogen-bond acceptors (Lipinski definition) is 6. The topological polar surface area (TPSA) is 126 Å². The predicted molar refractivity (Wildman–Crippen MR) is 131 cm³/mol. The Kier molecular flexibility index (Phi) is 7.10. The number of amides is 2. The SMILES string of the molecule is CC(C)(F)CNC(=O)Cc1ccc2[nH]c([C@@H](NC(=O)c3nonc3C3CC3)C3CCC(F)(F)CC3)nc2c1F. The standard InChI is InChI=1S/C26H30F4N6O3/c1-25(2,28)12-31-17(37)11-15-5-6-16-21(18(15)27)33-23(32-16)20(14-7-9-26(29,30)10-8-14)34-24(38)22-19(13-3-4-13)35-39-36-22/h5-6,13-14,20H,3-4,7-12H2,1-2H3,(H,31,37)(H,32,33)(H,34,38)/t20-/m0/s1. The molecule has 0 bridgehead atoms. The first-order valence-corrected chi connectivity index (χ1v) is 13.0. The molecule has 0 spiro atoms. The largest absolute Gasteiger partial charge is 0.353 e. The number of alkyl halides is 3. The first kappa shape index (κ1) is 27.1. The average molecular weight is 551 g/mol. The molecule has 210 valence electrons. The van der Waals surface area contributed by atoms with Crippen LogP contribution in [0.3, 0.4) is 0 Å². The monoisotopic (exact) mass is 550 g/mol. The van der Waals surface area contributed by atoms with Crippen LogP contribution in [0.15, 0.2) is 16.8 Å². The summed E-state index contributed by atoms with van der Waals surface area (Å²) in [6.07, 6.45) is 0.981. The average Bonchev–Trinajstić information content (AvgIpc) is 3.42. The van der Waals surface area contributed by atoms with Crippen molar-refractivity contribution in [3.8, 4) is 0 Å². The van der Waals surface area contributed by atoms with Crippen LogP contribution < -0.4 is 10.6 Å². The lowest BCUT2D eigenvalue weighted by molar-refractivity contribution is -0.121. The summed E-state index contributed by atoms with van der Waals surface area (Å²) in [5.74, 6) is -4.73. The molecule has 2 heterocycles. The summed E-state index contributed by atoms with van der Waals surface area (Å²) >= 11 is 0. The van der Waals surface area contributed by atoms with Gasteiger partial charge in [0.05, 0.1) is 24.5 Å². The molecular weight excluding hydrogens is 520 g/mol. The number of rotatable bonds is 9. The van der Waals surface area contributed by atoms with Gasteiger partial charge in [-0.25, -0.2) is 27.2 Å². The Morgan fingerprint density at radius 2 is 1.90 bits per heavy atom. The molecule has 39 heavy (non-hydrogen) atoms. The second kappa shape index (κ2) is 10.2. The van der Waals surface area contributed by atoms with Crippen LogP contribution in [0, 0.1) is 11.7 Å². The van der Waals surface area contributed by atoms with Crippen molar-refractivity contribution in [2.45, 2.75) is 82.3 Å². The molecule has 2 aliphatic carbocycles. The number of carbonyl (C=O) groups is 2. The highest BCUT2D eigenvalue weighted by Crippen LogP contribution is 2.42. The van der Waals surface area contributed by atoms with E-state index in [4.69, 9.17) is 4.63 Å². The molecule has 2 amide bonds. The third-order valence-corrected chi connectivity index (χ3v) is 7.26. The normalized spacial score (nSPS) is 18.7. The third-order valence-electron chi connectivity index (χ3n) is 7.26. The van der Waals surface area contributed by atoms with E-state index in [0.29, 0.717) is 11.2 Å². The number of halogens is 4. The second-order valence-corrected chi connectivity index (χ2v) is 11.1. The molecule has 9 nitrogen and oxygen atoms in total. The fraction of sp³-hybridized carbons (Fsp3) is 0.577. The highest BCUT2D eigenvalue weighted by molar-refractivity contribution is 5.93. The summed E-state index contributed by atoms with van der Waals surface area (Å²) in [5, 5.41) is 12.9. The van der Waals surface area contributed by atoms with Crippen LogP contribution in [0.1, 0.15) is 91.9 Å². The van der Waals surface area contributed by atoms with E-state index in [1.165, 1.54) is 19.9 Å². The number of carbonyl (C=O) groups excluding carboxylic acids is 2. The van der Waals surface area contributed by atoms with E-state index < -0.39 is 41.2 Å². The van der Waals surface area contributed by atoms with E-state index >= 15 is 4.39 Å². The Morgan fingerprint density at radius 1 is 1.18 bits per heavy atom. The maximum Gasteiger partial charge on any atom is 0.276 e. The lowest BCUT2D eigenvalue weighted by atomic mass is 9.81. The van der Waals surface area contributed by atoms with Gasteiger partial charge in [0.2, 0.25) is 11.8 Å². The molecule has 2 saturated carbocycles. The zero-order valence-corrected chi connectivity index (χ0v) is 21.6. The number of fused-ring (bicyclic) bond motifs is 1. The fourth-order valence-electron chi connectivity index (χ4n) is 4.92. The smallest absolute Gasteiger partial charge is 0.276 e. The molecule has 0 radical (unpaired) electrons. The summed E-state index contributed by atoms with van der Waals surface area (Å²) < 4.78 is 61.7. The van der Waals surface area contributed by atoms with Crippen LogP contribution in [0.25, 0.3) is 11.0 Å². The third kappa shape index (κ3) is 6.22. The predicted octanol–water partition coefficient (Wildman–Crippen LogP) is 4.67. The zero-order valence-electron chi connectivity index (χ0n) is 21.6. The minimum absolute atomic E-state index is 0.0377. The van der Waals surface area contributed by atoms with Crippen molar-refractivity contribution in [3.05, 3.63) is 40.7 Å². The summed E-state index contributed by atoms with van der Waals surface area (Å²) in [4.78, 5) is 32.8. The van der Waals surface area contributed by atoms with Gasteiger partial charge in [-0.1, -0.05) is 11.2 Å². The van der Waals surface area contributed by atoms with Crippen LogP contribution >= 0.6 is 0 Å². The van der Waals surface area contributed by atoms with Crippen LogP contribution in [-0.4, -0.2) is 50.2 Å². The Morgan fingerprint density at radius 3 is 2.56 bits per heavy atom. The minimum Gasteiger partial charge on any atom is -0.353 e. The van der Waals surface area contributed by atoms with E-state index in [-0.39, 0.29) is 67.2 Å². The maximum absolute atomic E-state index is 15.4. The Hall–Kier alpha value is -3.51. The molecule has 3 N–H and O–H groups in total. The zero-order chi connectivity index (χ0) is 27.9. The Labute approximate surface area is 221 Å². The van der Waals surface area contributed by atoms with E-state index in [1.807, 2.05) is 0 Å². The number of imidazole rings is 1. The first-order chi connectivity index (χ1) is 18.4. The van der Waals surface area contributed by atoms with Crippen LogP contribution in [0.5, 0.6) is 0 Å². The molecule has 13 heteroatoms. The van der Waals surface area contributed by atoms with Gasteiger partial charge in [-0.3, -0.25) is 9.59 Å². The number of H-pyrrole nitrogens is 1. The van der Waals surface area contributed by atoms with Gasteiger partial charge >= 0.3 is 0 Å². The molecule has 1 atom stereocenters. The fourth-order valence-corrected chi connectivity index (χ4v) is 4.92. The van der Waals surface area contributed by atoms with Gasteiger partial charge in [0.25, 0.3) is 5.91 Å². The van der Waals surface area contributed by atoms with E-state index in [0.717, 1.165) is 12.8 Å².